The fourth-order valence-corrected chi connectivity index (χ4v) is 4.13. The van der Waals surface area contributed by atoms with E-state index in [0.717, 1.165) is 43.0 Å². The molecule has 0 atom stereocenters. The van der Waals surface area contributed by atoms with Gasteiger partial charge in [0.05, 0.1) is 10.6 Å². The Bertz CT molecular complexity index is 941. The molecule has 0 spiro atoms. The second-order valence-electron chi connectivity index (χ2n) is 6.78. The molecule has 7 heteroatoms. The van der Waals surface area contributed by atoms with Gasteiger partial charge in [0.1, 0.15) is 17.6 Å². The predicted octanol–water partition coefficient (Wildman–Crippen LogP) is 3.14. The van der Waals surface area contributed by atoms with Crippen LogP contribution in [-0.4, -0.2) is 38.3 Å². The fraction of sp³-hybridized carbons (Fsp3) is 0.400. The van der Waals surface area contributed by atoms with Gasteiger partial charge in [0.2, 0.25) is 0 Å². The largest absolute Gasteiger partial charge is 0.371 e. The molecule has 1 aromatic carbocycles. The Kier molecular flexibility index (Phi) is 5.66. The normalized spacial score (nSPS) is 15.4. The molecule has 0 bridgehead atoms. The van der Waals surface area contributed by atoms with E-state index in [9.17, 15) is 8.42 Å². The molecule has 2 aromatic rings. The number of pyridine rings is 1. The number of hydrogen-bond acceptors (Lipinski definition) is 6. The van der Waals surface area contributed by atoms with Gasteiger partial charge in [0, 0.05) is 24.8 Å². The number of nitrogens with zero attached hydrogens (tertiary/aromatic N) is 3. The van der Waals surface area contributed by atoms with Crippen molar-refractivity contribution < 1.29 is 8.42 Å². The summed E-state index contributed by atoms with van der Waals surface area (Å²) in [4.78, 5) is 7.01. The molecule has 1 saturated heterocycles. The lowest BCUT2D eigenvalue weighted by atomic mass is 10.0. The third kappa shape index (κ3) is 4.40. The van der Waals surface area contributed by atoms with Crippen LogP contribution in [0.2, 0.25) is 0 Å². The lowest BCUT2D eigenvalue weighted by molar-refractivity contribution is 0.525. The topological polar surface area (TPSA) is 86.1 Å². The number of hydrogen-bond donors (Lipinski definition) is 1. The van der Waals surface area contributed by atoms with Crippen LogP contribution in [0.25, 0.3) is 0 Å². The van der Waals surface area contributed by atoms with E-state index < -0.39 is 9.84 Å². The van der Waals surface area contributed by atoms with Crippen LogP contribution in [0.1, 0.15) is 31.0 Å². The molecule has 6 nitrogen and oxygen atoms in total. The zero-order chi connectivity index (χ0) is 19.4. The van der Waals surface area contributed by atoms with Gasteiger partial charge in [-0.05, 0) is 55.7 Å². The second-order valence-corrected chi connectivity index (χ2v) is 9.06. The van der Waals surface area contributed by atoms with Crippen molar-refractivity contribution in [1.29, 1.82) is 5.26 Å². The second kappa shape index (κ2) is 7.97. The Morgan fingerprint density at radius 2 is 1.85 bits per heavy atom. The molecule has 1 fully saturated rings. The Morgan fingerprint density at radius 3 is 2.44 bits per heavy atom. The summed E-state index contributed by atoms with van der Waals surface area (Å²) in [7, 11) is -3.16. The molecular formula is C20H24N4O2S. The van der Waals surface area contributed by atoms with E-state index in [1.807, 2.05) is 31.2 Å². The average molecular weight is 385 g/mol. The summed E-state index contributed by atoms with van der Waals surface area (Å²) in [5, 5.41) is 12.5. The van der Waals surface area contributed by atoms with E-state index in [-0.39, 0.29) is 5.75 Å². The van der Waals surface area contributed by atoms with E-state index >= 15 is 0 Å². The molecule has 1 aliphatic rings. The Hall–Kier alpha value is -2.59. The van der Waals surface area contributed by atoms with Gasteiger partial charge in [-0.1, -0.05) is 13.0 Å². The first-order chi connectivity index (χ1) is 12.9. The van der Waals surface area contributed by atoms with Crippen LogP contribution < -0.4 is 10.2 Å². The highest BCUT2D eigenvalue weighted by Crippen LogP contribution is 2.24. The number of benzene rings is 1. The summed E-state index contributed by atoms with van der Waals surface area (Å²) in [6.45, 7) is 5.30. The van der Waals surface area contributed by atoms with E-state index in [1.54, 1.807) is 19.1 Å². The van der Waals surface area contributed by atoms with Gasteiger partial charge >= 0.3 is 0 Å². The Morgan fingerprint density at radius 1 is 1.19 bits per heavy atom. The number of anilines is 2. The van der Waals surface area contributed by atoms with Crippen LogP contribution in [0.15, 0.2) is 41.3 Å². The summed E-state index contributed by atoms with van der Waals surface area (Å²) in [5.74, 6) is 0.856. The summed E-state index contributed by atoms with van der Waals surface area (Å²) >= 11 is 0. The molecule has 0 saturated carbocycles. The predicted molar refractivity (Wildman–Crippen MR) is 107 cm³/mol. The number of nitriles is 1. The van der Waals surface area contributed by atoms with Crippen molar-refractivity contribution in [3.05, 3.63) is 47.7 Å². The first-order valence-corrected chi connectivity index (χ1v) is 10.8. The molecule has 0 amide bonds. The van der Waals surface area contributed by atoms with Crippen LogP contribution in [0, 0.1) is 18.3 Å². The van der Waals surface area contributed by atoms with Crippen LogP contribution in [0.3, 0.4) is 0 Å². The van der Waals surface area contributed by atoms with Crippen molar-refractivity contribution in [3.63, 3.8) is 0 Å². The monoisotopic (exact) mass is 384 g/mol. The first-order valence-electron chi connectivity index (χ1n) is 9.15. The van der Waals surface area contributed by atoms with Crippen LogP contribution in [0.4, 0.5) is 11.5 Å². The minimum atomic E-state index is -3.16. The molecule has 0 unspecified atom stereocenters. The number of nitrogens with one attached hydrogen (secondary N) is 1. The van der Waals surface area contributed by atoms with E-state index in [0.29, 0.717) is 16.6 Å². The van der Waals surface area contributed by atoms with Crippen molar-refractivity contribution >= 4 is 21.3 Å². The molecule has 1 N–H and O–H groups in total. The maximum atomic E-state index is 11.9. The molecule has 3 rings (SSSR count). The number of aromatic nitrogens is 1. The maximum Gasteiger partial charge on any atom is 0.178 e. The highest BCUT2D eigenvalue weighted by molar-refractivity contribution is 7.91. The number of piperidine rings is 1. The summed E-state index contributed by atoms with van der Waals surface area (Å²) in [6.07, 6.45) is 1.90. The quantitative estimate of drug-likeness (QED) is 0.852. The maximum absolute atomic E-state index is 11.9. The molecule has 27 heavy (non-hydrogen) atoms. The van der Waals surface area contributed by atoms with E-state index in [2.05, 4.69) is 21.3 Å². The minimum Gasteiger partial charge on any atom is -0.371 e. The van der Waals surface area contributed by atoms with Crippen molar-refractivity contribution in [2.75, 3.05) is 29.1 Å². The molecule has 0 radical (unpaired) electrons. The summed E-state index contributed by atoms with van der Waals surface area (Å²) < 4.78 is 23.8. The summed E-state index contributed by atoms with van der Waals surface area (Å²) in [5.41, 5.74) is 2.38. The standard InChI is InChI=1S/C20H24N4O2S/c1-3-27(25,26)18-7-5-17(6-8-18)24-12-10-16(11-13-24)22-20-9-4-15(2)19(14-21)23-20/h4-9,16H,3,10-13H2,1-2H3,(H,22,23). The van der Waals surface area contributed by atoms with E-state index in [4.69, 9.17) is 5.26 Å². The van der Waals surface area contributed by atoms with Gasteiger partial charge < -0.3 is 10.2 Å². The fourth-order valence-electron chi connectivity index (χ4n) is 3.24. The molecular weight excluding hydrogens is 360 g/mol. The smallest absolute Gasteiger partial charge is 0.178 e. The molecule has 1 aliphatic heterocycles. The van der Waals surface area contributed by atoms with E-state index in [1.165, 1.54) is 0 Å². The number of rotatable bonds is 5. The lowest BCUT2D eigenvalue weighted by Crippen LogP contribution is -2.39. The lowest BCUT2D eigenvalue weighted by Gasteiger charge is -2.34. The third-order valence-electron chi connectivity index (χ3n) is 4.99. The van der Waals surface area contributed by atoms with Gasteiger partial charge in [-0.25, -0.2) is 13.4 Å². The number of sulfone groups is 1. The zero-order valence-corrected chi connectivity index (χ0v) is 16.5. The van der Waals surface area contributed by atoms with Crippen molar-refractivity contribution in [3.8, 4) is 6.07 Å². The van der Waals surface area contributed by atoms with Gasteiger partial charge in [-0.2, -0.15) is 5.26 Å². The number of aryl methyl sites for hydroxylation is 1. The minimum absolute atomic E-state index is 0.115. The van der Waals surface area contributed by atoms with Crippen LogP contribution >= 0.6 is 0 Å². The SMILES string of the molecule is CCS(=O)(=O)c1ccc(N2CCC(Nc3ccc(C)c(C#N)n3)CC2)cc1. The highest BCUT2D eigenvalue weighted by atomic mass is 32.2. The molecule has 0 aliphatic carbocycles. The Labute approximate surface area is 160 Å². The molecule has 1 aromatic heterocycles. The van der Waals surface area contributed by atoms with Gasteiger partial charge in [0.25, 0.3) is 0 Å². The van der Waals surface area contributed by atoms with Crippen molar-refractivity contribution in [1.82, 2.24) is 4.98 Å². The highest BCUT2D eigenvalue weighted by Gasteiger charge is 2.20. The summed E-state index contributed by atoms with van der Waals surface area (Å²) in [6, 6.07) is 13.4. The van der Waals surface area contributed by atoms with Gasteiger partial charge in [-0.3, -0.25) is 0 Å². The molecule has 142 valence electrons. The van der Waals surface area contributed by atoms with Crippen LogP contribution in [0.5, 0.6) is 0 Å². The van der Waals surface area contributed by atoms with Crippen LogP contribution in [-0.2, 0) is 9.84 Å². The van der Waals surface area contributed by atoms with Crippen molar-refractivity contribution in [2.45, 2.75) is 37.6 Å². The zero-order valence-electron chi connectivity index (χ0n) is 15.6. The van der Waals surface area contributed by atoms with Crippen molar-refractivity contribution in [2.24, 2.45) is 0 Å². The molecule has 2 heterocycles. The van der Waals surface area contributed by atoms with Gasteiger partial charge in [0.15, 0.2) is 9.84 Å². The Balaban J connectivity index is 1.60. The first kappa shape index (κ1) is 19.2. The third-order valence-corrected chi connectivity index (χ3v) is 6.74. The average Bonchev–Trinajstić information content (AvgIpc) is 2.70. The van der Waals surface area contributed by atoms with Gasteiger partial charge in [-0.15, -0.1) is 0 Å².